The number of allylic oxidation sites excluding steroid dienone is 1. The van der Waals surface area contributed by atoms with E-state index in [1.54, 1.807) is 24.4 Å². The molecule has 1 fully saturated rings. The largest absolute Gasteiger partial charge is 0.439 e. The van der Waals surface area contributed by atoms with E-state index in [1.165, 1.54) is 16.9 Å². The standard InChI is InChI=1S/C30H27FN4O4S/c1-17-5-3-4-6-27(17)39-28-9-18(2)26(15-33-28)35-30(32)24(14-34-35)29(36)21-10-19-12-22(25(31)13-20(19)11-21)16-40(37,38)23-7-8-23/h3-6,9,11-15,23H,7-8,10,16,32H2,1-2H3. The van der Waals surface area contributed by atoms with Gasteiger partial charge in [0, 0.05) is 23.6 Å². The number of halogens is 1. The number of hydrogen-bond acceptors (Lipinski definition) is 7. The molecule has 2 N–H and O–H groups in total. The van der Waals surface area contributed by atoms with Crippen LogP contribution in [0.15, 0.2) is 60.4 Å². The quantitative estimate of drug-likeness (QED) is 0.292. The SMILES string of the molecule is Cc1ccccc1Oc1cc(C)c(-n2ncc(C(=O)C3=Cc4cc(F)c(CS(=O)(=O)C5CC5)cc4C3)c2N)cn1. The number of sulfone groups is 1. The molecule has 2 aromatic carbocycles. The number of para-hydroxylation sites is 1. The summed E-state index contributed by atoms with van der Waals surface area (Å²) in [6, 6.07) is 12.3. The Labute approximate surface area is 231 Å². The molecule has 6 rings (SSSR count). The second-order valence-corrected chi connectivity index (χ2v) is 12.6. The number of carbonyl (C=O) groups excluding carboxylic acids is 1. The minimum atomic E-state index is -3.37. The van der Waals surface area contributed by atoms with E-state index in [9.17, 15) is 17.6 Å². The molecule has 0 radical (unpaired) electrons. The lowest BCUT2D eigenvalue weighted by Gasteiger charge is -2.11. The molecule has 2 heterocycles. The first-order valence-electron chi connectivity index (χ1n) is 12.9. The third-order valence-corrected chi connectivity index (χ3v) is 9.55. The maximum atomic E-state index is 14.7. The van der Waals surface area contributed by atoms with Gasteiger partial charge in [0.1, 0.15) is 17.4 Å². The molecular weight excluding hydrogens is 531 g/mol. The van der Waals surface area contributed by atoms with Gasteiger partial charge in [-0.05, 0) is 67.2 Å². The molecular formula is C30H27FN4O4S. The summed E-state index contributed by atoms with van der Waals surface area (Å²) in [7, 11) is -3.37. The third kappa shape index (κ3) is 4.79. The number of Topliss-reactive ketones (excluding diaryl/α,β-unsaturated/α-hetero) is 1. The van der Waals surface area contributed by atoms with E-state index in [-0.39, 0.29) is 40.2 Å². The highest BCUT2D eigenvalue weighted by atomic mass is 32.2. The summed E-state index contributed by atoms with van der Waals surface area (Å²) in [4.78, 5) is 17.8. The average Bonchev–Trinajstić information content (AvgIpc) is 3.61. The van der Waals surface area contributed by atoms with Crippen LogP contribution in [-0.2, 0) is 22.0 Å². The Morgan fingerprint density at radius 1 is 1.12 bits per heavy atom. The van der Waals surface area contributed by atoms with Crippen molar-refractivity contribution < 1.29 is 22.3 Å². The number of ketones is 1. The predicted octanol–water partition coefficient (Wildman–Crippen LogP) is 5.30. The Kier molecular flexibility index (Phi) is 6.29. The number of anilines is 1. The van der Waals surface area contributed by atoms with Gasteiger partial charge in [-0.3, -0.25) is 4.79 Å². The van der Waals surface area contributed by atoms with Gasteiger partial charge in [0.05, 0.1) is 34.6 Å². The number of nitrogens with zero attached hydrogens (tertiary/aromatic N) is 3. The minimum absolute atomic E-state index is 0.137. The van der Waals surface area contributed by atoms with Crippen LogP contribution in [0.3, 0.4) is 0 Å². The van der Waals surface area contributed by atoms with Crippen molar-refractivity contribution >= 4 is 27.5 Å². The number of ether oxygens (including phenoxy) is 1. The Balaban J connectivity index is 1.21. The van der Waals surface area contributed by atoms with Crippen molar-refractivity contribution in [1.29, 1.82) is 0 Å². The molecule has 2 aromatic heterocycles. The number of nitrogen functional groups attached to an aromatic ring is 1. The number of pyridine rings is 1. The van der Waals surface area contributed by atoms with E-state index in [0.717, 1.165) is 11.1 Å². The van der Waals surface area contributed by atoms with E-state index in [4.69, 9.17) is 10.5 Å². The van der Waals surface area contributed by atoms with E-state index < -0.39 is 15.7 Å². The highest BCUT2D eigenvalue weighted by Gasteiger charge is 2.36. The summed E-state index contributed by atoms with van der Waals surface area (Å²) in [5.41, 5.74) is 10.8. The number of carbonyl (C=O) groups is 1. The van der Waals surface area contributed by atoms with Crippen LogP contribution in [0.4, 0.5) is 10.2 Å². The highest BCUT2D eigenvalue weighted by Crippen LogP contribution is 2.35. The van der Waals surface area contributed by atoms with Crippen molar-refractivity contribution in [3.05, 3.63) is 99.6 Å². The number of aryl methyl sites for hydroxylation is 2. The molecule has 0 bridgehead atoms. The molecule has 0 spiro atoms. The fourth-order valence-electron chi connectivity index (χ4n) is 4.92. The van der Waals surface area contributed by atoms with Crippen LogP contribution >= 0.6 is 0 Å². The van der Waals surface area contributed by atoms with Gasteiger partial charge in [-0.25, -0.2) is 22.5 Å². The van der Waals surface area contributed by atoms with Crippen LogP contribution in [0.2, 0.25) is 0 Å². The molecule has 0 atom stereocenters. The van der Waals surface area contributed by atoms with E-state index in [2.05, 4.69) is 10.1 Å². The fourth-order valence-corrected chi connectivity index (χ4v) is 6.66. The monoisotopic (exact) mass is 558 g/mol. The molecule has 204 valence electrons. The molecule has 40 heavy (non-hydrogen) atoms. The summed E-state index contributed by atoms with van der Waals surface area (Å²) >= 11 is 0. The van der Waals surface area contributed by atoms with Crippen molar-refractivity contribution in [3.8, 4) is 17.3 Å². The number of fused-ring (bicyclic) bond motifs is 1. The summed E-state index contributed by atoms with van der Waals surface area (Å²) in [6.07, 6.45) is 6.14. The molecule has 0 unspecified atom stereocenters. The van der Waals surface area contributed by atoms with Crippen molar-refractivity contribution in [2.24, 2.45) is 0 Å². The molecule has 10 heteroatoms. The topological polar surface area (TPSA) is 117 Å². The van der Waals surface area contributed by atoms with Crippen molar-refractivity contribution in [2.75, 3.05) is 5.73 Å². The van der Waals surface area contributed by atoms with Gasteiger partial charge in [-0.1, -0.05) is 24.3 Å². The van der Waals surface area contributed by atoms with Gasteiger partial charge in [0.15, 0.2) is 15.6 Å². The molecule has 2 aliphatic carbocycles. The van der Waals surface area contributed by atoms with Crippen LogP contribution in [0.1, 0.15) is 51.0 Å². The summed E-state index contributed by atoms with van der Waals surface area (Å²) < 4.78 is 46.9. The number of hydrogen-bond donors (Lipinski definition) is 1. The van der Waals surface area contributed by atoms with Crippen LogP contribution in [0.5, 0.6) is 11.6 Å². The minimum Gasteiger partial charge on any atom is -0.439 e. The average molecular weight is 559 g/mol. The summed E-state index contributed by atoms with van der Waals surface area (Å²) in [5, 5.41) is 3.97. The molecule has 4 aromatic rings. The van der Waals surface area contributed by atoms with Crippen molar-refractivity contribution in [3.63, 3.8) is 0 Å². The fraction of sp³-hybridized carbons (Fsp3) is 0.233. The van der Waals surface area contributed by atoms with Gasteiger partial charge >= 0.3 is 0 Å². The first kappa shape index (κ1) is 25.9. The number of nitrogens with two attached hydrogens (primary N) is 1. The molecule has 0 aliphatic heterocycles. The zero-order valence-electron chi connectivity index (χ0n) is 22.0. The smallest absolute Gasteiger partial charge is 0.219 e. The molecule has 0 saturated heterocycles. The number of benzene rings is 2. The second kappa shape index (κ2) is 9.71. The number of aromatic nitrogens is 3. The van der Waals surface area contributed by atoms with E-state index >= 15 is 0 Å². The Morgan fingerprint density at radius 3 is 2.62 bits per heavy atom. The first-order chi connectivity index (χ1) is 19.1. The lowest BCUT2D eigenvalue weighted by Crippen LogP contribution is -2.11. The summed E-state index contributed by atoms with van der Waals surface area (Å²) in [5.74, 6) is 0.0403. The highest BCUT2D eigenvalue weighted by molar-refractivity contribution is 7.91. The Morgan fingerprint density at radius 2 is 1.90 bits per heavy atom. The maximum absolute atomic E-state index is 14.7. The van der Waals surface area contributed by atoms with Crippen LogP contribution in [-0.4, -0.2) is 34.2 Å². The third-order valence-electron chi connectivity index (χ3n) is 7.34. The van der Waals surface area contributed by atoms with Gasteiger partial charge in [0.2, 0.25) is 5.88 Å². The molecule has 8 nitrogen and oxygen atoms in total. The first-order valence-corrected chi connectivity index (χ1v) is 14.6. The number of rotatable bonds is 8. The second-order valence-electron chi connectivity index (χ2n) is 10.4. The van der Waals surface area contributed by atoms with Crippen molar-refractivity contribution in [2.45, 2.75) is 44.1 Å². The molecule has 1 saturated carbocycles. The maximum Gasteiger partial charge on any atom is 0.219 e. The van der Waals surface area contributed by atoms with Crippen molar-refractivity contribution in [1.82, 2.24) is 14.8 Å². The Hall–Kier alpha value is -4.31. The van der Waals surface area contributed by atoms with Crippen LogP contribution in [0.25, 0.3) is 11.8 Å². The van der Waals surface area contributed by atoms with Gasteiger partial charge in [0.25, 0.3) is 0 Å². The Bertz CT molecular complexity index is 1820. The van der Waals surface area contributed by atoms with Gasteiger partial charge in [-0.15, -0.1) is 0 Å². The predicted molar refractivity (Wildman–Crippen MR) is 150 cm³/mol. The van der Waals surface area contributed by atoms with Gasteiger partial charge in [-0.2, -0.15) is 5.10 Å². The zero-order valence-corrected chi connectivity index (χ0v) is 22.8. The van der Waals surface area contributed by atoms with Gasteiger partial charge < -0.3 is 10.5 Å². The summed E-state index contributed by atoms with van der Waals surface area (Å²) in [6.45, 7) is 3.82. The normalized spacial score (nSPS) is 14.6. The van der Waals surface area contributed by atoms with Crippen LogP contribution in [0, 0.1) is 19.7 Å². The van der Waals surface area contributed by atoms with E-state index in [0.29, 0.717) is 46.9 Å². The zero-order chi connectivity index (χ0) is 28.2. The van der Waals surface area contributed by atoms with Crippen LogP contribution < -0.4 is 10.5 Å². The lowest BCUT2D eigenvalue weighted by molar-refractivity contribution is 0.103. The molecule has 2 aliphatic rings. The van der Waals surface area contributed by atoms with E-state index in [1.807, 2.05) is 38.1 Å². The molecule has 0 amide bonds. The lowest BCUT2D eigenvalue weighted by atomic mass is 10.0.